The minimum Gasteiger partial charge on any atom is -0.327 e. The fourth-order valence-corrected chi connectivity index (χ4v) is 3.18. The third-order valence-electron chi connectivity index (χ3n) is 3.71. The van der Waals surface area contributed by atoms with Gasteiger partial charge in [0.25, 0.3) is 5.91 Å². The zero-order chi connectivity index (χ0) is 15.9. The molecule has 0 atom stereocenters. The van der Waals surface area contributed by atoms with Crippen LogP contribution >= 0.6 is 11.5 Å². The van der Waals surface area contributed by atoms with Gasteiger partial charge in [0.15, 0.2) is 5.69 Å². The summed E-state index contributed by atoms with van der Waals surface area (Å²) in [4.78, 5) is 16.4. The second kappa shape index (κ2) is 5.77. The summed E-state index contributed by atoms with van der Waals surface area (Å²) in [6.07, 6.45) is 0. The molecule has 0 saturated carbocycles. The molecule has 0 N–H and O–H groups in total. The van der Waals surface area contributed by atoms with Crippen LogP contribution in [-0.4, -0.2) is 49.2 Å². The summed E-state index contributed by atoms with van der Waals surface area (Å²) in [7, 11) is 4.05. The molecule has 7 nitrogen and oxygen atoms in total. The van der Waals surface area contributed by atoms with Gasteiger partial charge in [-0.2, -0.15) is 5.10 Å². The summed E-state index contributed by atoms with van der Waals surface area (Å²) in [5.41, 5.74) is 3.80. The maximum Gasteiger partial charge on any atom is 0.275 e. The molecular formula is C14H20N6OS. The third kappa shape index (κ3) is 2.64. The van der Waals surface area contributed by atoms with Gasteiger partial charge in [0.1, 0.15) is 0 Å². The summed E-state index contributed by atoms with van der Waals surface area (Å²) in [5.74, 6) is -0.0592. The molecule has 8 heteroatoms. The average Bonchev–Trinajstić information content (AvgIpc) is 3.13. The highest BCUT2D eigenvalue weighted by atomic mass is 32.1. The molecule has 0 unspecified atom stereocenters. The predicted molar refractivity (Wildman–Crippen MR) is 83.5 cm³/mol. The number of nitrogens with zero attached hydrogens (tertiary/aromatic N) is 6. The molecule has 22 heavy (non-hydrogen) atoms. The normalized spacial score (nSPS) is 14.2. The second-order valence-corrected chi connectivity index (χ2v) is 6.71. The van der Waals surface area contributed by atoms with Crippen LogP contribution in [0.15, 0.2) is 5.38 Å². The van der Waals surface area contributed by atoms with E-state index in [0.717, 1.165) is 17.9 Å². The number of carbonyl (C=O) groups excluding carboxylic acids is 1. The molecule has 0 bridgehead atoms. The number of carbonyl (C=O) groups is 1. The molecule has 0 fully saturated rings. The number of aromatic nitrogens is 4. The van der Waals surface area contributed by atoms with Crippen LogP contribution in [0.5, 0.6) is 0 Å². The van der Waals surface area contributed by atoms with Crippen molar-refractivity contribution in [1.29, 1.82) is 0 Å². The standard InChI is InChI=1S/C14H20N6OS/c1-9(2)20-13-7-19(14(21)12-8-22-17-15-12)5-10(13)11(16-20)6-18(3)4/h8-9H,5-7H2,1-4H3. The van der Waals surface area contributed by atoms with Crippen LogP contribution in [0, 0.1) is 0 Å². The fraction of sp³-hybridized carbons (Fsp3) is 0.571. The van der Waals surface area contributed by atoms with Crippen molar-refractivity contribution in [3.05, 3.63) is 28.0 Å². The van der Waals surface area contributed by atoms with Gasteiger partial charge in [-0.15, -0.1) is 5.10 Å². The van der Waals surface area contributed by atoms with E-state index in [9.17, 15) is 4.79 Å². The zero-order valence-electron chi connectivity index (χ0n) is 13.3. The summed E-state index contributed by atoms with van der Waals surface area (Å²) < 4.78 is 5.82. The summed E-state index contributed by atoms with van der Waals surface area (Å²) in [5, 5.41) is 10.3. The fourth-order valence-electron chi connectivity index (χ4n) is 2.75. The molecule has 2 aromatic rings. The van der Waals surface area contributed by atoms with Crippen molar-refractivity contribution in [3.8, 4) is 0 Å². The van der Waals surface area contributed by atoms with E-state index in [4.69, 9.17) is 5.10 Å². The van der Waals surface area contributed by atoms with Crippen molar-refractivity contribution >= 4 is 17.4 Å². The molecular weight excluding hydrogens is 300 g/mol. The summed E-state index contributed by atoms with van der Waals surface area (Å²) >= 11 is 1.20. The van der Waals surface area contributed by atoms with E-state index in [2.05, 4.69) is 28.3 Å². The van der Waals surface area contributed by atoms with Gasteiger partial charge in [0.2, 0.25) is 0 Å². The Morgan fingerprint density at radius 1 is 1.41 bits per heavy atom. The molecule has 1 aliphatic rings. The second-order valence-electron chi connectivity index (χ2n) is 6.10. The lowest BCUT2D eigenvalue weighted by molar-refractivity contribution is 0.0741. The van der Waals surface area contributed by atoms with E-state index in [1.807, 2.05) is 23.7 Å². The Bertz CT molecular complexity index is 676. The summed E-state index contributed by atoms with van der Waals surface area (Å²) in [6, 6.07) is 0.278. The van der Waals surface area contributed by atoms with E-state index in [0.29, 0.717) is 18.8 Å². The number of rotatable bonds is 4. The first-order chi connectivity index (χ1) is 10.5. The molecule has 1 amide bonds. The van der Waals surface area contributed by atoms with Crippen LogP contribution in [0.25, 0.3) is 0 Å². The Balaban J connectivity index is 1.89. The first-order valence-electron chi connectivity index (χ1n) is 7.27. The predicted octanol–water partition coefficient (Wildman–Crippen LogP) is 1.53. The minimum atomic E-state index is -0.0592. The smallest absolute Gasteiger partial charge is 0.275 e. The van der Waals surface area contributed by atoms with Gasteiger partial charge in [0.05, 0.1) is 24.5 Å². The summed E-state index contributed by atoms with van der Waals surface area (Å²) in [6.45, 7) is 6.19. The van der Waals surface area contributed by atoms with Crippen molar-refractivity contribution in [2.75, 3.05) is 14.1 Å². The first-order valence-corrected chi connectivity index (χ1v) is 8.11. The van der Waals surface area contributed by atoms with Gasteiger partial charge in [-0.1, -0.05) is 4.49 Å². The third-order valence-corrected chi connectivity index (χ3v) is 4.22. The first kappa shape index (κ1) is 15.1. The van der Waals surface area contributed by atoms with Crippen LogP contribution in [0.1, 0.15) is 47.3 Å². The largest absolute Gasteiger partial charge is 0.327 e. The lowest BCUT2D eigenvalue weighted by Crippen LogP contribution is -2.27. The van der Waals surface area contributed by atoms with E-state index in [1.54, 1.807) is 5.38 Å². The molecule has 0 spiro atoms. The van der Waals surface area contributed by atoms with Crippen LogP contribution < -0.4 is 0 Å². The molecule has 3 rings (SSSR count). The molecule has 118 valence electrons. The molecule has 1 aliphatic heterocycles. The van der Waals surface area contributed by atoms with E-state index in [-0.39, 0.29) is 11.9 Å². The molecule has 0 aromatic carbocycles. The van der Waals surface area contributed by atoms with Crippen molar-refractivity contribution in [1.82, 2.24) is 29.2 Å². The zero-order valence-corrected chi connectivity index (χ0v) is 14.1. The Kier molecular flexibility index (Phi) is 3.96. The molecule has 0 aliphatic carbocycles. The topological polar surface area (TPSA) is 67.2 Å². The van der Waals surface area contributed by atoms with Gasteiger partial charge in [-0.3, -0.25) is 9.48 Å². The lowest BCUT2D eigenvalue weighted by Gasteiger charge is -2.16. The molecule has 0 radical (unpaired) electrons. The van der Waals surface area contributed by atoms with Crippen LogP contribution in [0.2, 0.25) is 0 Å². The van der Waals surface area contributed by atoms with Crippen molar-refractivity contribution in [2.45, 2.75) is 39.5 Å². The maximum absolute atomic E-state index is 12.5. The highest BCUT2D eigenvalue weighted by Gasteiger charge is 2.32. The van der Waals surface area contributed by atoms with Crippen LogP contribution in [0.4, 0.5) is 0 Å². The van der Waals surface area contributed by atoms with Gasteiger partial charge in [-0.05, 0) is 39.5 Å². The minimum absolute atomic E-state index is 0.0592. The number of hydrogen-bond donors (Lipinski definition) is 0. The Hall–Kier alpha value is -1.80. The van der Waals surface area contributed by atoms with Crippen LogP contribution in [-0.2, 0) is 19.6 Å². The maximum atomic E-state index is 12.5. The van der Waals surface area contributed by atoms with Gasteiger partial charge in [0, 0.05) is 23.5 Å². The highest BCUT2D eigenvalue weighted by Crippen LogP contribution is 2.29. The Labute approximate surface area is 133 Å². The quantitative estimate of drug-likeness (QED) is 0.855. The van der Waals surface area contributed by atoms with Gasteiger partial charge >= 0.3 is 0 Å². The van der Waals surface area contributed by atoms with E-state index >= 15 is 0 Å². The average molecular weight is 320 g/mol. The SMILES string of the molecule is CC(C)n1nc(CN(C)C)c2c1CN(C(=O)c1csnn1)C2. The van der Waals surface area contributed by atoms with Crippen molar-refractivity contribution < 1.29 is 4.79 Å². The van der Waals surface area contributed by atoms with Crippen molar-refractivity contribution in [3.63, 3.8) is 0 Å². The van der Waals surface area contributed by atoms with E-state index in [1.165, 1.54) is 17.1 Å². The number of hydrogen-bond acceptors (Lipinski definition) is 6. The number of amides is 1. The lowest BCUT2D eigenvalue weighted by atomic mass is 10.2. The number of fused-ring (bicyclic) bond motifs is 1. The van der Waals surface area contributed by atoms with Crippen molar-refractivity contribution in [2.24, 2.45) is 0 Å². The van der Waals surface area contributed by atoms with Crippen LogP contribution in [0.3, 0.4) is 0 Å². The highest BCUT2D eigenvalue weighted by molar-refractivity contribution is 7.03. The van der Waals surface area contributed by atoms with Gasteiger partial charge < -0.3 is 9.80 Å². The van der Waals surface area contributed by atoms with Gasteiger partial charge in [-0.25, -0.2) is 0 Å². The molecule has 3 heterocycles. The monoisotopic (exact) mass is 320 g/mol. The molecule has 0 saturated heterocycles. The Morgan fingerprint density at radius 3 is 2.77 bits per heavy atom. The molecule has 2 aromatic heterocycles. The Morgan fingerprint density at radius 2 is 2.18 bits per heavy atom. The van der Waals surface area contributed by atoms with E-state index < -0.39 is 0 Å².